The van der Waals surface area contributed by atoms with E-state index in [1.54, 1.807) is 6.92 Å². The van der Waals surface area contributed by atoms with Crippen molar-refractivity contribution < 1.29 is 4.79 Å². The highest BCUT2D eigenvalue weighted by atomic mass is 35.5. The van der Waals surface area contributed by atoms with Crippen LogP contribution in [0.2, 0.25) is 0 Å². The summed E-state index contributed by atoms with van der Waals surface area (Å²) in [7, 11) is 4.04. The van der Waals surface area contributed by atoms with Gasteiger partial charge in [0.2, 0.25) is 5.91 Å². The summed E-state index contributed by atoms with van der Waals surface area (Å²) >= 11 is 0. The van der Waals surface area contributed by atoms with Crippen LogP contribution in [0.15, 0.2) is 24.3 Å². The highest BCUT2D eigenvalue weighted by Crippen LogP contribution is 2.18. The van der Waals surface area contributed by atoms with Crippen LogP contribution in [0, 0.1) is 6.92 Å². The van der Waals surface area contributed by atoms with Gasteiger partial charge in [-0.2, -0.15) is 0 Å². The molecule has 3 N–H and O–H groups in total. The van der Waals surface area contributed by atoms with E-state index in [2.05, 4.69) is 41.4 Å². The molecular weight excluding hydrogens is 298 g/mol. The molecule has 4 nitrogen and oxygen atoms in total. The first-order valence-corrected chi connectivity index (χ1v) is 7.58. The number of carbonyl (C=O) groups is 1. The van der Waals surface area contributed by atoms with E-state index in [-0.39, 0.29) is 24.4 Å². The normalized spacial score (nSPS) is 14.9. The van der Waals surface area contributed by atoms with E-state index in [9.17, 15) is 4.79 Å². The second-order valence-electron chi connectivity index (χ2n) is 6.27. The molecular formula is C17H30ClN3O. The van der Waals surface area contributed by atoms with Crippen molar-refractivity contribution in [1.82, 2.24) is 10.2 Å². The van der Waals surface area contributed by atoms with Crippen molar-refractivity contribution in [2.24, 2.45) is 5.73 Å². The zero-order valence-corrected chi connectivity index (χ0v) is 15.2. The van der Waals surface area contributed by atoms with Gasteiger partial charge in [0.05, 0.1) is 11.6 Å². The minimum absolute atomic E-state index is 0. The van der Waals surface area contributed by atoms with E-state index in [1.807, 2.05) is 21.0 Å². The fourth-order valence-corrected chi connectivity index (χ4v) is 2.41. The number of rotatable bonds is 7. The van der Waals surface area contributed by atoms with Gasteiger partial charge in [0, 0.05) is 6.54 Å². The number of amides is 1. The maximum atomic E-state index is 12.2. The van der Waals surface area contributed by atoms with Crippen molar-refractivity contribution in [1.29, 1.82) is 0 Å². The monoisotopic (exact) mass is 327 g/mol. The number of hydrogen-bond acceptors (Lipinski definition) is 3. The fraction of sp³-hybridized carbons (Fsp3) is 0.588. The van der Waals surface area contributed by atoms with Crippen LogP contribution in [0.4, 0.5) is 0 Å². The third kappa shape index (κ3) is 5.95. The standard InChI is InChI=1S/C17H29N3O.ClH/c1-6-11-17(3,18)16(21)19-12-15(20(4)5)14-9-7-13(2)8-10-14;/h7-10,15H,6,11-12,18H2,1-5H3,(H,19,21);1H. The molecule has 0 bridgehead atoms. The van der Waals surface area contributed by atoms with Gasteiger partial charge in [-0.1, -0.05) is 43.2 Å². The summed E-state index contributed by atoms with van der Waals surface area (Å²) in [4.78, 5) is 14.3. The summed E-state index contributed by atoms with van der Waals surface area (Å²) in [5.74, 6) is -0.0803. The lowest BCUT2D eigenvalue weighted by atomic mass is 9.96. The molecule has 1 aromatic rings. The van der Waals surface area contributed by atoms with Crippen LogP contribution in [0.3, 0.4) is 0 Å². The summed E-state index contributed by atoms with van der Waals surface area (Å²) in [5, 5.41) is 3.00. The molecule has 0 saturated heterocycles. The number of benzene rings is 1. The quantitative estimate of drug-likeness (QED) is 0.809. The summed E-state index contributed by atoms with van der Waals surface area (Å²) < 4.78 is 0. The molecule has 0 aromatic heterocycles. The van der Waals surface area contributed by atoms with Crippen LogP contribution in [0.5, 0.6) is 0 Å². The Balaban J connectivity index is 0.00000441. The summed E-state index contributed by atoms with van der Waals surface area (Å²) in [5.41, 5.74) is 7.70. The topological polar surface area (TPSA) is 58.4 Å². The second-order valence-corrected chi connectivity index (χ2v) is 6.27. The fourth-order valence-electron chi connectivity index (χ4n) is 2.41. The van der Waals surface area contributed by atoms with Crippen LogP contribution >= 0.6 is 12.4 Å². The maximum Gasteiger partial charge on any atom is 0.239 e. The van der Waals surface area contributed by atoms with Crippen molar-refractivity contribution in [3.8, 4) is 0 Å². The maximum absolute atomic E-state index is 12.2. The van der Waals surface area contributed by atoms with Gasteiger partial charge in [-0.15, -0.1) is 12.4 Å². The molecule has 1 amide bonds. The van der Waals surface area contributed by atoms with Gasteiger partial charge in [-0.3, -0.25) is 4.79 Å². The van der Waals surface area contributed by atoms with Crippen molar-refractivity contribution >= 4 is 18.3 Å². The average Bonchev–Trinajstić information content (AvgIpc) is 2.40. The van der Waals surface area contributed by atoms with E-state index in [1.165, 1.54) is 11.1 Å². The lowest BCUT2D eigenvalue weighted by Gasteiger charge is -2.28. The van der Waals surface area contributed by atoms with Gasteiger partial charge in [0.1, 0.15) is 0 Å². The van der Waals surface area contributed by atoms with Gasteiger partial charge in [-0.05, 0) is 39.9 Å². The van der Waals surface area contributed by atoms with Crippen LogP contribution in [-0.4, -0.2) is 37.0 Å². The Labute approximate surface area is 140 Å². The third-order valence-corrected chi connectivity index (χ3v) is 3.83. The van der Waals surface area contributed by atoms with E-state index in [0.29, 0.717) is 13.0 Å². The molecule has 0 saturated carbocycles. The van der Waals surface area contributed by atoms with Crippen LogP contribution in [-0.2, 0) is 4.79 Å². The third-order valence-electron chi connectivity index (χ3n) is 3.83. The lowest BCUT2D eigenvalue weighted by molar-refractivity contribution is -0.126. The Morgan fingerprint density at radius 1 is 1.32 bits per heavy atom. The largest absolute Gasteiger partial charge is 0.353 e. The molecule has 0 fully saturated rings. The predicted molar refractivity (Wildman–Crippen MR) is 95.4 cm³/mol. The predicted octanol–water partition coefficient (Wildman–Crippen LogP) is 2.65. The van der Waals surface area contributed by atoms with Crippen LogP contribution in [0.25, 0.3) is 0 Å². The second kappa shape index (κ2) is 9.13. The van der Waals surface area contributed by atoms with Crippen molar-refractivity contribution in [2.45, 2.75) is 45.2 Å². The highest BCUT2D eigenvalue weighted by Gasteiger charge is 2.27. The first kappa shape index (κ1) is 20.9. The molecule has 0 radical (unpaired) electrons. The molecule has 5 heteroatoms. The van der Waals surface area contributed by atoms with E-state index >= 15 is 0 Å². The molecule has 0 aliphatic rings. The highest BCUT2D eigenvalue weighted by molar-refractivity contribution is 5.85. The number of carbonyl (C=O) groups excluding carboxylic acids is 1. The lowest BCUT2D eigenvalue weighted by Crippen LogP contribution is -2.52. The van der Waals surface area contributed by atoms with Crippen LogP contribution < -0.4 is 11.1 Å². The number of halogens is 1. The minimum Gasteiger partial charge on any atom is -0.353 e. The van der Waals surface area contributed by atoms with E-state index in [0.717, 1.165) is 6.42 Å². The first-order valence-electron chi connectivity index (χ1n) is 7.58. The Bertz CT molecular complexity index is 457. The number of aryl methyl sites for hydroxylation is 1. The summed E-state index contributed by atoms with van der Waals surface area (Å²) in [6.07, 6.45) is 1.59. The molecule has 1 aromatic carbocycles. The minimum atomic E-state index is -0.793. The first-order chi connectivity index (χ1) is 9.77. The van der Waals surface area contributed by atoms with Gasteiger partial charge < -0.3 is 16.0 Å². The van der Waals surface area contributed by atoms with Gasteiger partial charge >= 0.3 is 0 Å². The number of nitrogens with zero attached hydrogens (tertiary/aromatic N) is 1. The number of nitrogens with two attached hydrogens (primary N) is 1. The van der Waals surface area contributed by atoms with Crippen molar-refractivity contribution in [3.63, 3.8) is 0 Å². The SMILES string of the molecule is CCCC(C)(N)C(=O)NCC(c1ccc(C)cc1)N(C)C.Cl. The molecule has 126 valence electrons. The molecule has 22 heavy (non-hydrogen) atoms. The number of nitrogens with one attached hydrogen (secondary N) is 1. The Hall–Kier alpha value is -1.10. The van der Waals surface area contributed by atoms with Crippen molar-refractivity contribution in [3.05, 3.63) is 35.4 Å². The number of likely N-dealkylation sites (N-methyl/N-ethyl adjacent to an activating group) is 1. The van der Waals surface area contributed by atoms with Crippen molar-refractivity contribution in [2.75, 3.05) is 20.6 Å². The average molecular weight is 328 g/mol. The van der Waals surface area contributed by atoms with E-state index < -0.39 is 5.54 Å². The Morgan fingerprint density at radius 2 is 1.86 bits per heavy atom. The zero-order valence-electron chi connectivity index (χ0n) is 14.3. The van der Waals surface area contributed by atoms with Gasteiger partial charge in [0.15, 0.2) is 0 Å². The molecule has 2 unspecified atom stereocenters. The molecule has 1 rings (SSSR count). The summed E-state index contributed by atoms with van der Waals surface area (Å²) in [6.45, 7) is 6.46. The molecule has 0 heterocycles. The number of hydrogen-bond donors (Lipinski definition) is 2. The molecule has 2 atom stereocenters. The Kier molecular flexibility index (Phi) is 8.68. The zero-order chi connectivity index (χ0) is 16.0. The summed E-state index contributed by atoms with van der Waals surface area (Å²) in [6, 6.07) is 8.56. The van der Waals surface area contributed by atoms with E-state index in [4.69, 9.17) is 5.73 Å². The molecule has 0 aliphatic carbocycles. The smallest absolute Gasteiger partial charge is 0.239 e. The molecule has 0 aliphatic heterocycles. The van der Waals surface area contributed by atoms with Gasteiger partial charge in [0.25, 0.3) is 0 Å². The van der Waals surface area contributed by atoms with Gasteiger partial charge in [-0.25, -0.2) is 0 Å². The Morgan fingerprint density at radius 3 is 2.32 bits per heavy atom. The van der Waals surface area contributed by atoms with Crippen LogP contribution in [0.1, 0.15) is 43.9 Å². The molecule has 0 spiro atoms.